The third kappa shape index (κ3) is 2.93. The number of anilines is 1. The minimum Gasteiger partial charge on any atom is -0.469 e. The first kappa shape index (κ1) is 13.5. The predicted octanol–water partition coefficient (Wildman–Crippen LogP) is 0.988. The molecule has 5 nitrogen and oxygen atoms in total. The van der Waals surface area contributed by atoms with Gasteiger partial charge in [-0.15, -0.1) is 0 Å². The van der Waals surface area contributed by atoms with E-state index >= 15 is 0 Å². The summed E-state index contributed by atoms with van der Waals surface area (Å²) in [5.41, 5.74) is 8.68. The minimum atomic E-state index is -0.307. The van der Waals surface area contributed by atoms with E-state index < -0.39 is 0 Å². The van der Waals surface area contributed by atoms with Gasteiger partial charge >= 0.3 is 5.97 Å². The molecule has 0 aliphatic carbocycles. The van der Waals surface area contributed by atoms with Crippen LogP contribution in [0.1, 0.15) is 24.0 Å². The smallest absolute Gasteiger partial charge is 0.307 e. The molecule has 0 saturated heterocycles. The number of aryl methyl sites for hydroxylation is 1. The first-order valence-corrected chi connectivity index (χ1v) is 6.34. The summed E-state index contributed by atoms with van der Waals surface area (Å²) in [6.45, 7) is 0.851. The van der Waals surface area contributed by atoms with E-state index in [1.807, 2.05) is 18.2 Å². The van der Waals surface area contributed by atoms with Gasteiger partial charge in [0.15, 0.2) is 0 Å². The fraction of sp³-hybridized carbons (Fsp3) is 0.429. The number of hydrogen-bond donors (Lipinski definition) is 1. The molecule has 0 bridgehead atoms. The third-order valence-corrected chi connectivity index (χ3v) is 3.35. The Morgan fingerprint density at radius 1 is 1.42 bits per heavy atom. The molecule has 2 rings (SSSR count). The molecule has 1 aliphatic heterocycles. The van der Waals surface area contributed by atoms with E-state index in [0.29, 0.717) is 19.5 Å². The fourth-order valence-corrected chi connectivity index (χ4v) is 2.29. The van der Waals surface area contributed by atoms with Crippen LogP contribution in [0.25, 0.3) is 0 Å². The van der Waals surface area contributed by atoms with Crippen LogP contribution >= 0.6 is 0 Å². The molecule has 0 fully saturated rings. The van der Waals surface area contributed by atoms with Crippen LogP contribution in [-0.4, -0.2) is 25.5 Å². The van der Waals surface area contributed by atoms with Gasteiger partial charge in [-0.05, 0) is 23.6 Å². The van der Waals surface area contributed by atoms with Crippen molar-refractivity contribution in [2.45, 2.75) is 25.8 Å². The van der Waals surface area contributed by atoms with Crippen molar-refractivity contribution < 1.29 is 14.3 Å². The molecule has 2 N–H and O–H groups in total. The lowest BCUT2D eigenvalue weighted by molar-refractivity contribution is -0.140. The van der Waals surface area contributed by atoms with Crippen molar-refractivity contribution in [1.29, 1.82) is 0 Å². The van der Waals surface area contributed by atoms with Gasteiger partial charge in [-0.1, -0.05) is 12.1 Å². The Labute approximate surface area is 112 Å². The number of nitrogens with zero attached hydrogens (tertiary/aromatic N) is 1. The Kier molecular flexibility index (Phi) is 4.16. The van der Waals surface area contributed by atoms with Gasteiger partial charge in [-0.2, -0.15) is 0 Å². The maximum Gasteiger partial charge on any atom is 0.307 e. The molecule has 1 aromatic rings. The maximum absolute atomic E-state index is 12.0. The Bertz CT molecular complexity index is 499. The van der Waals surface area contributed by atoms with E-state index in [-0.39, 0.29) is 18.3 Å². The van der Waals surface area contributed by atoms with Crippen LogP contribution in [0, 0.1) is 0 Å². The molecule has 0 aromatic heterocycles. The van der Waals surface area contributed by atoms with Crippen LogP contribution in [0.2, 0.25) is 0 Å². The number of nitrogens with two attached hydrogens (primary N) is 1. The lowest BCUT2D eigenvalue weighted by atomic mass is 9.98. The summed E-state index contributed by atoms with van der Waals surface area (Å²) >= 11 is 0. The minimum absolute atomic E-state index is 0.0527. The molecular weight excluding hydrogens is 244 g/mol. The molecule has 0 atom stereocenters. The Balaban J connectivity index is 2.20. The van der Waals surface area contributed by atoms with Gasteiger partial charge in [0.1, 0.15) is 0 Å². The van der Waals surface area contributed by atoms with Crippen molar-refractivity contribution in [2.24, 2.45) is 5.73 Å². The number of methoxy groups -OCH3 is 1. The molecular formula is C14H18N2O3. The summed E-state index contributed by atoms with van der Waals surface area (Å²) in [6.07, 6.45) is 1.42. The van der Waals surface area contributed by atoms with E-state index in [1.54, 1.807) is 4.90 Å². The van der Waals surface area contributed by atoms with Crippen molar-refractivity contribution in [3.05, 3.63) is 29.3 Å². The summed E-state index contributed by atoms with van der Waals surface area (Å²) in [6, 6.07) is 5.86. The first-order chi connectivity index (χ1) is 9.15. The number of esters is 1. The van der Waals surface area contributed by atoms with Gasteiger partial charge in [-0.3, -0.25) is 9.59 Å². The molecule has 1 aliphatic rings. The third-order valence-electron chi connectivity index (χ3n) is 3.35. The largest absolute Gasteiger partial charge is 0.469 e. The van der Waals surface area contributed by atoms with Crippen LogP contribution in [0.4, 0.5) is 5.69 Å². The molecule has 0 spiro atoms. The zero-order valence-electron chi connectivity index (χ0n) is 11.0. The highest BCUT2D eigenvalue weighted by atomic mass is 16.5. The Morgan fingerprint density at radius 2 is 2.21 bits per heavy atom. The lowest BCUT2D eigenvalue weighted by Gasteiger charge is -2.29. The zero-order valence-corrected chi connectivity index (χ0v) is 11.0. The molecule has 1 aromatic carbocycles. The Morgan fingerprint density at radius 3 is 2.89 bits per heavy atom. The molecule has 19 heavy (non-hydrogen) atoms. The summed E-state index contributed by atoms with van der Waals surface area (Å²) in [5.74, 6) is -0.254. The summed E-state index contributed by atoms with van der Waals surface area (Å²) in [4.78, 5) is 24.8. The lowest BCUT2D eigenvalue weighted by Crippen LogP contribution is -2.36. The summed E-state index contributed by atoms with van der Waals surface area (Å²) < 4.78 is 4.61. The highest BCUT2D eigenvalue weighted by molar-refractivity contribution is 5.96. The number of ether oxygens (including phenoxy) is 1. The SMILES string of the molecule is COC(=O)CCN1C(=O)CCc2cc(CN)ccc21. The van der Waals surface area contributed by atoms with E-state index in [0.717, 1.165) is 23.2 Å². The topological polar surface area (TPSA) is 72.6 Å². The number of fused-ring (bicyclic) bond motifs is 1. The van der Waals surface area contributed by atoms with E-state index in [2.05, 4.69) is 4.74 Å². The molecule has 0 radical (unpaired) electrons. The van der Waals surface area contributed by atoms with E-state index in [9.17, 15) is 9.59 Å². The van der Waals surface area contributed by atoms with Crippen LogP contribution in [0.3, 0.4) is 0 Å². The molecule has 1 amide bonds. The number of amides is 1. The Hall–Kier alpha value is -1.88. The van der Waals surface area contributed by atoms with Crippen LogP contribution in [-0.2, 0) is 27.3 Å². The molecule has 0 unspecified atom stereocenters. The second kappa shape index (κ2) is 5.84. The van der Waals surface area contributed by atoms with E-state index in [1.165, 1.54) is 7.11 Å². The van der Waals surface area contributed by atoms with Crippen LogP contribution in [0.15, 0.2) is 18.2 Å². The number of benzene rings is 1. The normalized spacial score (nSPS) is 14.2. The van der Waals surface area contributed by atoms with Crippen molar-refractivity contribution in [3.8, 4) is 0 Å². The van der Waals surface area contributed by atoms with Gasteiger partial charge < -0.3 is 15.4 Å². The quantitative estimate of drug-likeness (QED) is 0.821. The molecule has 5 heteroatoms. The zero-order chi connectivity index (χ0) is 13.8. The maximum atomic E-state index is 12.0. The van der Waals surface area contributed by atoms with E-state index in [4.69, 9.17) is 5.73 Å². The van der Waals surface area contributed by atoms with Crippen LogP contribution < -0.4 is 10.6 Å². The predicted molar refractivity (Wildman–Crippen MR) is 71.6 cm³/mol. The number of hydrogen-bond acceptors (Lipinski definition) is 4. The number of rotatable bonds is 4. The van der Waals surface area contributed by atoms with Crippen molar-refractivity contribution in [2.75, 3.05) is 18.6 Å². The van der Waals surface area contributed by atoms with Crippen molar-refractivity contribution in [1.82, 2.24) is 0 Å². The summed E-state index contributed by atoms with van der Waals surface area (Å²) in [7, 11) is 1.35. The van der Waals surface area contributed by atoms with Gasteiger partial charge in [-0.25, -0.2) is 0 Å². The number of carbonyl (C=O) groups is 2. The molecule has 1 heterocycles. The second-order valence-electron chi connectivity index (χ2n) is 4.54. The van der Waals surface area contributed by atoms with Gasteiger partial charge in [0.05, 0.1) is 13.5 Å². The average Bonchev–Trinajstić information content (AvgIpc) is 2.45. The molecule has 0 saturated carbocycles. The summed E-state index contributed by atoms with van der Waals surface area (Å²) in [5, 5.41) is 0. The highest BCUT2D eigenvalue weighted by Gasteiger charge is 2.24. The first-order valence-electron chi connectivity index (χ1n) is 6.34. The molecule has 102 valence electrons. The highest BCUT2D eigenvalue weighted by Crippen LogP contribution is 2.28. The van der Waals surface area contributed by atoms with Gasteiger partial charge in [0.25, 0.3) is 0 Å². The van der Waals surface area contributed by atoms with Gasteiger partial charge in [0, 0.05) is 25.2 Å². The fourth-order valence-electron chi connectivity index (χ4n) is 2.29. The number of carbonyl (C=O) groups excluding carboxylic acids is 2. The van der Waals surface area contributed by atoms with Crippen LogP contribution in [0.5, 0.6) is 0 Å². The second-order valence-corrected chi connectivity index (χ2v) is 4.54. The van der Waals surface area contributed by atoms with Crippen molar-refractivity contribution in [3.63, 3.8) is 0 Å². The average molecular weight is 262 g/mol. The van der Waals surface area contributed by atoms with Gasteiger partial charge in [0.2, 0.25) is 5.91 Å². The van der Waals surface area contributed by atoms with Crippen molar-refractivity contribution >= 4 is 17.6 Å². The standard InChI is InChI=1S/C14H18N2O3/c1-19-14(18)6-7-16-12-4-2-10(9-15)8-11(12)3-5-13(16)17/h2,4,8H,3,5-7,9,15H2,1H3. The monoisotopic (exact) mass is 262 g/mol.